The maximum atomic E-state index is 13.0. The number of benzene rings is 1. The van der Waals surface area contributed by atoms with Gasteiger partial charge < -0.3 is 9.72 Å². The van der Waals surface area contributed by atoms with Crippen LogP contribution in [0, 0.1) is 0 Å². The van der Waals surface area contributed by atoms with Crippen molar-refractivity contribution in [3.63, 3.8) is 0 Å². The minimum atomic E-state index is -0.105. The number of rotatable bonds is 5. The van der Waals surface area contributed by atoms with Gasteiger partial charge in [0.05, 0.1) is 12.1 Å². The number of nitrogens with zero attached hydrogens (tertiary/aromatic N) is 3. The van der Waals surface area contributed by atoms with E-state index in [1.54, 1.807) is 22.9 Å². The van der Waals surface area contributed by atoms with Crippen molar-refractivity contribution in [3.8, 4) is 0 Å². The minimum Gasteiger partial charge on any atom is -0.352 e. The summed E-state index contributed by atoms with van der Waals surface area (Å²) in [6.07, 6.45) is 4.43. The highest BCUT2D eigenvalue weighted by atomic mass is 16.1. The first-order valence-electron chi connectivity index (χ1n) is 9.01. The summed E-state index contributed by atoms with van der Waals surface area (Å²) in [5, 5.41) is 2.88. The number of amides is 1. The molecule has 3 aromatic heterocycles. The zero-order valence-corrected chi connectivity index (χ0v) is 15.1. The molecule has 0 radical (unpaired) electrons. The molecule has 0 unspecified atom stereocenters. The Labute approximate surface area is 156 Å². The molecule has 0 fully saturated rings. The van der Waals surface area contributed by atoms with E-state index in [0.29, 0.717) is 29.8 Å². The van der Waals surface area contributed by atoms with Gasteiger partial charge in [0.25, 0.3) is 11.5 Å². The van der Waals surface area contributed by atoms with Crippen LogP contribution in [0.2, 0.25) is 0 Å². The van der Waals surface area contributed by atoms with Gasteiger partial charge in [-0.05, 0) is 48.4 Å². The van der Waals surface area contributed by atoms with Gasteiger partial charge in [-0.25, -0.2) is 4.98 Å². The Balaban J connectivity index is 1.79. The summed E-state index contributed by atoms with van der Waals surface area (Å²) >= 11 is 0. The molecular formula is C21H20N4O2. The van der Waals surface area contributed by atoms with Gasteiger partial charge in [0, 0.05) is 24.5 Å². The number of hydrogen-bond donors (Lipinski definition) is 1. The van der Waals surface area contributed by atoms with E-state index in [9.17, 15) is 9.59 Å². The van der Waals surface area contributed by atoms with Crippen molar-refractivity contribution in [1.82, 2.24) is 19.3 Å². The molecule has 0 spiro atoms. The average Bonchev–Trinajstić information content (AvgIpc) is 3.20. The van der Waals surface area contributed by atoms with Gasteiger partial charge in [-0.3, -0.25) is 14.2 Å². The van der Waals surface area contributed by atoms with Crippen LogP contribution in [0.5, 0.6) is 0 Å². The first-order chi connectivity index (χ1) is 13.2. The third-order valence-electron chi connectivity index (χ3n) is 4.56. The number of carbonyl (C=O) groups excluding carboxylic acids is 1. The van der Waals surface area contributed by atoms with Crippen molar-refractivity contribution in [2.45, 2.75) is 19.9 Å². The van der Waals surface area contributed by atoms with Crippen LogP contribution >= 0.6 is 0 Å². The number of fused-ring (bicyclic) bond motifs is 3. The number of hydrogen-bond acceptors (Lipinski definition) is 3. The predicted molar refractivity (Wildman–Crippen MR) is 105 cm³/mol. The predicted octanol–water partition coefficient (Wildman–Crippen LogP) is 2.84. The van der Waals surface area contributed by atoms with Crippen LogP contribution in [0.25, 0.3) is 16.7 Å². The lowest BCUT2D eigenvalue weighted by atomic mass is 10.1. The molecule has 6 nitrogen and oxygen atoms in total. The van der Waals surface area contributed by atoms with Crippen molar-refractivity contribution in [3.05, 3.63) is 82.4 Å². The Hall–Kier alpha value is -3.41. The van der Waals surface area contributed by atoms with Crippen LogP contribution in [0.15, 0.2) is 65.7 Å². The van der Waals surface area contributed by atoms with Crippen molar-refractivity contribution >= 4 is 22.6 Å². The SMILES string of the molecule is CCCNC(=O)c1cccc(Cn2c(=O)c3cccn3c3cccnc32)c1. The van der Waals surface area contributed by atoms with E-state index in [2.05, 4.69) is 10.3 Å². The van der Waals surface area contributed by atoms with E-state index in [0.717, 1.165) is 17.5 Å². The second kappa shape index (κ2) is 7.07. The fraction of sp³-hybridized carbons (Fsp3) is 0.190. The molecule has 0 saturated heterocycles. The molecule has 1 N–H and O–H groups in total. The zero-order valence-electron chi connectivity index (χ0n) is 15.1. The molecule has 3 heterocycles. The molecule has 0 aliphatic rings. The van der Waals surface area contributed by atoms with Gasteiger partial charge in [-0.1, -0.05) is 19.1 Å². The Bertz CT molecular complexity index is 1190. The second-order valence-electron chi connectivity index (χ2n) is 6.46. The third kappa shape index (κ3) is 3.10. The van der Waals surface area contributed by atoms with Crippen LogP contribution in [-0.2, 0) is 6.54 Å². The summed E-state index contributed by atoms with van der Waals surface area (Å²) in [4.78, 5) is 29.7. The molecule has 136 valence electrons. The maximum absolute atomic E-state index is 13.0. The Kier molecular flexibility index (Phi) is 4.46. The maximum Gasteiger partial charge on any atom is 0.276 e. The van der Waals surface area contributed by atoms with Gasteiger partial charge in [0.2, 0.25) is 0 Å². The van der Waals surface area contributed by atoms with Gasteiger partial charge in [0.15, 0.2) is 5.65 Å². The number of aromatic nitrogens is 3. The third-order valence-corrected chi connectivity index (χ3v) is 4.56. The van der Waals surface area contributed by atoms with Crippen molar-refractivity contribution in [2.24, 2.45) is 0 Å². The molecule has 4 aromatic rings. The Morgan fingerprint density at radius 2 is 1.96 bits per heavy atom. The molecule has 1 amide bonds. The largest absolute Gasteiger partial charge is 0.352 e. The van der Waals surface area contributed by atoms with Crippen LogP contribution in [0.4, 0.5) is 0 Å². The molecule has 0 aliphatic heterocycles. The van der Waals surface area contributed by atoms with Crippen LogP contribution in [0.1, 0.15) is 29.3 Å². The van der Waals surface area contributed by atoms with E-state index >= 15 is 0 Å². The summed E-state index contributed by atoms with van der Waals surface area (Å²) in [6, 6.07) is 14.8. The summed E-state index contributed by atoms with van der Waals surface area (Å²) in [7, 11) is 0. The lowest BCUT2D eigenvalue weighted by Gasteiger charge is -2.12. The van der Waals surface area contributed by atoms with Crippen LogP contribution in [0.3, 0.4) is 0 Å². The van der Waals surface area contributed by atoms with E-state index in [-0.39, 0.29) is 11.5 Å². The van der Waals surface area contributed by atoms with Gasteiger partial charge in [-0.2, -0.15) is 0 Å². The first-order valence-corrected chi connectivity index (χ1v) is 9.01. The number of nitrogens with one attached hydrogen (secondary N) is 1. The normalized spacial score (nSPS) is 11.1. The summed E-state index contributed by atoms with van der Waals surface area (Å²) in [6.45, 7) is 3.00. The second-order valence-corrected chi connectivity index (χ2v) is 6.46. The summed E-state index contributed by atoms with van der Waals surface area (Å²) < 4.78 is 3.52. The van der Waals surface area contributed by atoms with Crippen LogP contribution in [-0.4, -0.2) is 26.4 Å². The monoisotopic (exact) mass is 360 g/mol. The smallest absolute Gasteiger partial charge is 0.276 e. The van der Waals surface area contributed by atoms with E-state index in [4.69, 9.17) is 0 Å². The molecule has 27 heavy (non-hydrogen) atoms. The fourth-order valence-electron chi connectivity index (χ4n) is 3.26. The molecule has 0 aliphatic carbocycles. The van der Waals surface area contributed by atoms with Crippen molar-refractivity contribution < 1.29 is 4.79 Å². The summed E-state index contributed by atoms with van der Waals surface area (Å²) in [5.74, 6) is -0.101. The van der Waals surface area contributed by atoms with E-state index in [1.165, 1.54) is 0 Å². The molecule has 1 aromatic carbocycles. The molecule has 6 heteroatoms. The van der Waals surface area contributed by atoms with Crippen molar-refractivity contribution in [1.29, 1.82) is 0 Å². The minimum absolute atomic E-state index is 0.101. The van der Waals surface area contributed by atoms with Gasteiger partial charge in [0.1, 0.15) is 5.52 Å². The molecular weight excluding hydrogens is 340 g/mol. The zero-order chi connectivity index (χ0) is 18.8. The summed E-state index contributed by atoms with van der Waals surface area (Å²) in [5.41, 5.74) is 3.46. The highest BCUT2D eigenvalue weighted by Crippen LogP contribution is 2.15. The molecule has 0 saturated carbocycles. The first kappa shape index (κ1) is 17.0. The Morgan fingerprint density at radius 1 is 1.11 bits per heavy atom. The van der Waals surface area contributed by atoms with Crippen LogP contribution < -0.4 is 10.9 Å². The van der Waals surface area contributed by atoms with Gasteiger partial charge in [-0.15, -0.1) is 0 Å². The number of carbonyl (C=O) groups is 1. The lowest BCUT2D eigenvalue weighted by molar-refractivity contribution is 0.0953. The fourth-order valence-corrected chi connectivity index (χ4v) is 3.26. The Morgan fingerprint density at radius 3 is 2.81 bits per heavy atom. The molecule has 0 atom stereocenters. The van der Waals surface area contributed by atoms with E-state index in [1.807, 2.05) is 53.9 Å². The van der Waals surface area contributed by atoms with Gasteiger partial charge >= 0.3 is 0 Å². The standard InChI is InChI=1S/C21H20N4O2/c1-2-10-23-20(26)16-7-3-6-15(13-16)14-25-19-17(8-4-11-22-19)24-12-5-9-18(24)21(25)27/h3-9,11-13H,2,10,14H2,1H3,(H,23,26). The molecule has 0 bridgehead atoms. The lowest BCUT2D eigenvalue weighted by Crippen LogP contribution is -2.25. The number of pyridine rings is 1. The highest BCUT2D eigenvalue weighted by Gasteiger charge is 2.12. The average molecular weight is 360 g/mol. The van der Waals surface area contributed by atoms with Crippen molar-refractivity contribution in [2.75, 3.05) is 6.54 Å². The topological polar surface area (TPSA) is 68.4 Å². The quantitative estimate of drug-likeness (QED) is 0.595. The highest BCUT2D eigenvalue weighted by molar-refractivity contribution is 5.94. The molecule has 4 rings (SSSR count). The van der Waals surface area contributed by atoms with E-state index < -0.39 is 0 Å².